The van der Waals surface area contributed by atoms with E-state index in [4.69, 9.17) is 0 Å². The number of oxime groups is 1. The predicted octanol–water partition coefficient (Wildman–Crippen LogP) is 0.818. The van der Waals surface area contributed by atoms with Crippen LogP contribution in [0.2, 0.25) is 0 Å². The molecule has 1 aromatic heterocycles. The topological polar surface area (TPSA) is 76.9 Å². The molecule has 0 aliphatic heterocycles. The van der Waals surface area contributed by atoms with Gasteiger partial charge in [-0.25, -0.2) is 0 Å². The summed E-state index contributed by atoms with van der Waals surface area (Å²) in [4.78, 5) is 0. The fourth-order valence-corrected chi connectivity index (χ4v) is 8.68. The summed E-state index contributed by atoms with van der Waals surface area (Å²) in [7, 11) is 0. The number of aromatic nitrogens is 1. The number of nitrogens with zero attached hydrogens (tertiary/aromatic N) is 2. The zero-order valence-corrected chi connectivity index (χ0v) is 20.2. The minimum Gasteiger partial charge on any atom is -1.00 e. The summed E-state index contributed by atoms with van der Waals surface area (Å²) in [6.45, 7) is 6.62. The average Bonchev–Trinajstić information content (AvgIpc) is 3.01. The van der Waals surface area contributed by atoms with Gasteiger partial charge in [0.15, 0.2) is 12.4 Å². The van der Waals surface area contributed by atoms with Crippen LogP contribution in [0.1, 0.15) is 65.7 Å². The van der Waals surface area contributed by atoms with Gasteiger partial charge >= 0.3 is 0 Å². The van der Waals surface area contributed by atoms with Crippen molar-refractivity contribution in [3.8, 4) is 0 Å². The smallest absolute Gasteiger partial charge is 0.239 e. The molecule has 0 saturated heterocycles. The largest absolute Gasteiger partial charge is 1.00 e. The molecule has 0 aromatic carbocycles. The molecule has 3 fully saturated rings. The molecule has 1 heterocycles. The van der Waals surface area contributed by atoms with E-state index in [9.17, 15) is 15.4 Å². The molecule has 8 atom stereocenters. The van der Waals surface area contributed by atoms with E-state index in [0.717, 1.165) is 44.9 Å². The molecule has 6 unspecified atom stereocenters. The highest BCUT2D eigenvalue weighted by atomic mass is 35.5. The van der Waals surface area contributed by atoms with E-state index >= 15 is 0 Å². The third kappa shape index (κ3) is 2.90. The molecule has 5 nitrogen and oxygen atoms in total. The summed E-state index contributed by atoms with van der Waals surface area (Å²) in [5, 5.41) is 35.5. The van der Waals surface area contributed by atoms with E-state index in [2.05, 4.69) is 29.6 Å². The fourth-order valence-electron chi connectivity index (χ4n) is 8.68. The number of hydrogen-bond donors (Lipinski definition) is 3. The third-order valence-electron chi connectivity index (χ3n) is 10.1. The first-order chi connectivity index (χ1) is 14.8. The van der Waals surface area contributed by atoms with Crippen molar-refractivity contribution in [1.82, 2.24) is 0 Å². The average molecular weight is 461 g/mol. The molecule has 1 aromatic rings. The fraction of sp³-hybridized carbons (Fsp3) is 0.692. The van der Waals surface area contributed by atoms with Gasteiger partial charge in [0.1, 0.15) is 11.8 Å². The van der Waals surface area contributed by atoms with Crippen LogP contribution in [0.5, 0.6) is 0 Å². The molecule has 0 radical (unpaired) electrons. The van der Waals surface area contributed by atoms with Crippen molar-refractivity contribution < 1.29 is 32.4 Å². The minimum absolute atomic E-state index is 0. The van der Waals surface area contributed by atoms with Gasteiger partial charge in [0.05, 0.1) is 6.10 Å². The molecule has 0 amide bonds. The Kier molecular flexibility index (Phi) is 6.01. The van der Waals surface area contributed by atoms with Crippen LogP contribution in [-0.4, -0.2) is 33.3 Å². The molecule has 0 bridgehead atoms. The molecule has 176 valence electrons. The van der Waals surface area contributed by atoms with Crippen molar-refractivity contribution in [2.45, 2.75) is 83.5 Å². The summed E-state index contributed by atoms with van der Waals surface area (Å²) in [5.41, 5.74) is 1.28. The Balaban J connectivity index is 0.00000245. The summed E-state index contributed by atoms with van der Waals surface area (Å²) in [6, 6.07) is 5.97. The molecule has 5 rings (SSSR count). The first-order valence-electron chi connectivity index (χ1n) is 12.0. The van der Waals surface area contributed by atoms with Gasteiger partial charge in [-0.2, -0.15) is 4.57 Å². The lowest BCUT2D eigenvalue weighted by molar-refractivity contribution is -0.766. The van der Waals surface area contributed by atoms with Crippen LogP contribution in [-0.2, 0) is 5.54 Å². The Morgan fingerprint density at radius 2 is 1.78 bits per heavy atom. The molecule has 3 N–H and O–H groups in total. The van der Waals surface area contributed by atoms with Gasteiger partial charge in [0.2, 0.25) is 5.54 Å². The second kappa shape index (κ2) is 8.11. The monoisotopic (exact) mass is 460 g/mol. The number of rotatable bonds is 2. The second-order valence-corrected chi connectivity index (χ2v) is 11.1. The van der Waals surface area contributed by atoms with Crippen LogP contribution in [0, 0.1) is 28.6 Å². The zero-order chi connectivity index (χ0) is 22.0. The van der Waals surface area contributed by atoms with E-state index < -0.39 is 11.6 Å². The number of hydrogen-bond acceptors (Lipinski definition) is 4. The molecular formula is C26H37ClN2O3. The van der Waals surface area contributed by atoms with Crippen molar-refractivity contribution in [3.05, 3.63) is 42.2 Å². The van der Waals surface area contributed by atoms with E-state index in [1.165, 1.54) is 5.57 Å². The Morgan fingerprint density at radius 3 is 2.47 bits per heavy atom. The molecule has 6 heteroatoms. The lowest BCUT2D eigenvalue weighted by atomic mass is 9.46. The van der Waals surface area contributed by atoms with Crippen LogP contribution in [0.3, 0.4) is 0 Å². The van der Waals surface area contributed by atoms with Gasteiger partial charge in [-0.05, 0) is 75.0 Å². The standard InChI is InChI=1S/C26H36N2O3.ClH/c1-17(27-31)26(28-13-5-4-6-14-28)23(30)16-22-20-8-7-18-15-19(29)9-11-24(18,2)21(20)10-12-25(22,26)3;/h4-7,13-14,19-23,29-30H,8-12,15-16H2,1-3H3;1H/t19?,20?,21?,22?,23-,24?,25?,26-;/m1./s1. The van der Waals surface area contributed by atoms with Crippen molar-refractivity contribution in [2.75, 3.05) is 0 Å². The highest BCUT2D eigenvalue weighted by Crippen LogP contribution is 2.68. The maximum atomic E-state index is 11.7. The van der Waals surface area contributed by atoms with Crippen LogP contribution in [0.4, 0.5) is 0 Å². The van der Waals surface area contributed by atoms with E-state index in [1.54, 1.807) is 0 Å². The van der Waals surface area contributed by atoms with Crippen LogP contribution >= 0.6 is 0 Å². The third-order valence-corrected chi connectivity index (χ3v) is 10.1. The van der Waals surface area contributed by atoms with Gasteiger partial charge in [0.25, 0.3) is 0 Å². The van der Waals surface area contributed by atoms with Gasteiger partial charge in [-0.3, -0.25) is 0 Å². The quantitative estimate of drug-likeness (QED) is 0.201. The summed E-state index contributed by atoms with van der Waals surface area (Å²) < 4.78 is 2.11. The van der Waals surface area contributed by atoms with E-state index in [1.807, 2.05) is 37.5 Å². The Bertz CT molecular complexity index is 921. The number of halogens is 1. The SMILES string of the molecule is CC(=NO)[C@@]1([n+]2ccccc2)[C@H](O)CC2C3CC=C4CC(O)CCC4(C)C3CCC21C.[Cl-]. The highest BCUT2D eigenvalue weighted by Gasteiger charge is 2.74. The van der Waals surface area contributed by atoms with E-state index in [0.29, 0.717) is 23.5 Å². The van der Waals surface area contributed by atoms with Crippen molar-refractivity contribution in [3.63, 3.8) is 0 Å². The first kappa shape index (κ1) is 23.7. The zero-order valence-electron chi connectivity index (χ0n) is 19.4. The number of aliphatic hydroxyl groups is 2. The van der Waals surface area contributed by atoms with Crippen LogP contribution in [0.25, 0.3) is 0 Å². The Hall–Kier alpha value is -1.43. The highest BCUT2D eigenvalue weighted by molar-refractivity contribution is 5.89. The van der Waals surface area contributed by atoms with Crippen molar-refractivity contribution in [2.24, 2.45) is 33.7 Å². The molecule has 32 heavy (non-hydrogen) atoms. The number of pyridine rings is 1. The first-order valence-corrected chi connectivity index (χ1v) is 12.0. The Morgan fingerprint density at radius 1 is 1.06 bits per heavy atom. The maximum absolute atomic E-state index is 11.7. The lowest BCUT2D eigenvalue weighted by Gasteiger charge is -2.58. The lowest BCUT2D eigenvalue weighted by Crippen LogP contribution is -3.00. The minimum atomic E-state index is -0.744. The van der Waals surface area contributed by atoms with Gasteiger partial charge in [-0.1, -0.05) is 36.7 Å². The molecule has 0 spiro atoms. The predicted molar refractivity (Wildman–Crippen MR) is 119 cm³/mol. The summed E-state index contributed by atoms with van der Waals surface area (Å²) >= 11 is 0. The van der Waals surface area contributed by atoms with Gasteiger partial charge < -0.3 is 27.8 Å². The van der Waals surface area contributed by atoms with E-state index in [-0.39, 0.29) is 29.3 Å². The van der Waals surface area contributed by atoms with Crippen LogP contribution in [0.15, 0.2) is 47.4 Å². The molecule has 4 aliphatic rings. The normalized spacial score (nSPS) is 45.7. The number of fused-ring (bicyclic) bond motifs is 5. The molecule has 4 aliphatic carbocycles. The molecule has 3 saturated carbocycles. The van der Waals surface area contributed by atoms with Crippen molar-refractivity contribution >= 4 is 5.71 Å². The molecular weight excluding hydrogens is 424 g/mol. The second-order valence-electron chi connectivity index (χ2n) is 11.1. The van der Waals surface area contributed by atoms with Crippen LogP contribution < -0.4 is 17.0 Å². The number of aliphatic hydroxyl groups excluding tert-OH is 2. The number of allylic oxidation sites excluding steroid dienone is 1. The Labute approximate surface area is 197 Å². The summed E-state index contributed by atoms with van der Waals surface area (Å²) in [5.74, 6) is 1.45. The maximum Gasteiger partial charge on any atom is 0.239 e. The van der Waals surface area contributed by atoms with Gasteiger partial charge in [0, 0.05) is 17.5 Å². The summed E-state index contributed by atoms with van der Waals surface area (Å²) in [6.07, 6.45) is 12.3. The van der Waals surface area contributed by atoms with Crippen molar-refractivity contribution in [1.29, 1.82) is 0 Å². The van der Waals surface area contributed by atoms with Gasteiger partial charge in [-0.15, -0.1) is 0 Å².